The zero-order valence-electron chi connectivity index (χ0n) is 7.50. The van der Waals surface area contributed by atoms with Gasteiger partial charge in [0.2, 0.25) is 0 Å². The third-order valence-corrected chi connectivity index (χ3v) is 2.91. The summed E-state index contributed by atoms with van der Waals surface area (Å²) in [6.45, 7) is 5.86. The first-order valence-corrected chi connectivity index (χ1v) is 4.80. The molecule has 0 radical (unpaired) electrons. The van der Waals surface area contributed by atoms with Crippen LogP contribution in [0, 0.1) is 12.3 Å². The van der Waals surface area contributed by atoms with Crippen LogP contribution >= 0.6 is 0 Å². The van der Waals surface area contributed by atoms with Crippen molar-refractivity contribution in [1.29, 1.82) is 0 Å². The van der Waals surface area contributed by atoms with Crippen molar-refractivity contribution >= 4 is 0 Å². The maximum atomic E-state index is 5.23. The van der Waals surface area contributed by atoms with E-state index in [1.807, 2.05) is 0 Å². The molecule has 2 aliphatic heterocycles. The second-order valence-electron chi connectivity index (χ2n) is 3.80. The largest absolute Gasteiger partial charge is 0.298 e. The highest BCUT2D eigenvalue weighted by Gasteiger charge is 2.31. The molecule has 2 fully saturated rings. The number of hydrogen-bond acceptors (Lipinski definition) is 2. The van der Waals surface area contributed by atoms with E-state index >= 15 is 0 Å². The molecule has 0 aromatic heterocycles. The van der Waals surface area contributed by atoms with Crippen molar-refractivity contribution in [3.8, 4) is 12.3 Å². The first kappa shape index (κ1) is 8.10. The van der Waals surface area contributed by atoms with Crippen LogP contribution in [0.2, 0.25) is 0 Å². The van der Waals surface area contributed by atoms with Gasteiger partial charge >= 0.3 is 0 Å². The van der Waals surface area contributed by atoms with E-state index in [-0.39, 0.29) is 0 Å². The SMILES string of the molecule is C#CCN1CC(N2CCCC2)C1. The fraction of sp³-hybridized carbons (Fsp3) is 0.800. The van der Waals surface area contributed by atoms with Crippen LogP contribution in [0.1, 0.15) is 12.8 Å². The summed E-state index contributed by atoms with van der Waals surface area (Å²) < 4.78 is 0. The number of rotatable bonds is 2. The molecule has 2 heteroatoms. The van der Waals surface area contributed by atoms with Crippen LogP contribution in [0.15, 0.2) is 0 Å². The molecule has 0 aromatic carbocycles. The average Bonchev–Trinajstić information content (AvgIpc) is 2.47. The van der Waals surface area contributed by atoms with E-state index in [0.717, 1.165) is 12.6 Å². The molecule has 2 heterocycles. The summed E-state index contributed by atoms with van der Waals surface area (Å²) in [5.41, 5.74) is 0. The summed E-state index contributed by atoms with van der Waals surface area (Å²) in [5, 5.41) is 0. The molecule has 0 atom stereocenters. The molecule has 0 spiro atoms. The van der Waals surface area contributed by atoms with E-state index in [2.05, 4.69) is 15.7 Å². The van der Waals surface area contributed by atoms with Gasteiger partial charge in [0.1, 0.15) is 0 Å². The minimum Gasteiger partial charge on any atom is -0.298 e. The second-order valence-corrected chi connectivity index (χ2v) is 3.80. The van der Waals surface area contributed by atoms with Crippen molar-refractivity contribution in [2.24, 2.45) is 0 Å². The predicted molar refractivity (Wildman–Crippen MR) is 49.9 cm³/mol. The quantitative estimate of drug-likeness (QED) is 0.545. The molecule has 12 heavy (non-hydrogen) atoms. The number of hydrogen-bond donors (Lipinski definition) is 0. The third-order valence-electron chi connectivity index (χ3n) is 2.91. The smallest absolute Gasteiger partial charge is 0.0600 e. The topological polar surface area (TPSA) is 6.48 Å². The summed E-state index contributed by atoms with van der Waals surface area (Å²) in [7, 11) is 0. The minimum atomic E-state index is 0.820. The molecule has 0 N–H and O–H groups in total. The van der Waals surface area contributed by atoms with Crippen molar-refractivity contribution in [2.45, 2.75) is 18.9 Å². The molecule has 0 aliphatic carbocycles. The molecule has 0 aromatic rings. The van der Waals surface area contributed by atoms with Crippen molar-refractivity contribution in [3.05, 3.63) is 0 Å². The van der Waals surface area contributed by atoms with Crippen LogP contribution in [0.5, 0.6) is 0 Å². The van der Waals surface area contributed by atoms with Gasteiger partial charge in [-0.1, -0.05) is 5.92 Å². The average molecular weight is 164 g/mol. The Bertz CT molecular complexity index is 183. The Labute approximate surface area is 74.5 Å². The molecular formula is C10H16N2. The van der Waals surface area contributed by atoms with E-state index in [1.165, 1.54) is 39.0 Å². The summed E-state index contributed by atoms with van der Waals surface area (Å²) in [6, 6.07) is 0.820. The Morgan fingerprint density at radius 2 is 1.92 bits per heavy atom. The van der Waals surface area contributed by atoms with Crippen LogP contribution < -0.4 is 0 Å². The monoisotopic (exact) mass is 164 g/mol. The lowest BCUT2D eigenvalue weighted by Gasteiger charge is -2.43. The number of terminal acetylenes is 1. The molecule has 0 bridgehead atoms. The zero-order valence-corrected chi connectivity index (χ0v) is 7.50. The van der Waals surface area contributed by atoms with Gasteiger partial charge < -0.3 is 0 Å². The Balaban J connectivity index is 1.70. The molecule has 2 nitrogen and oxygen atoms in total. The second kappa shape index (κ2) is 3.47. The zero-order chi connectivity index (χ0) is 8.39. The summed E-state index contributed by atoms with van der Waals surface area (Å²) in [4.78, 5) is 4.94. The van der Waals surface area contributed by atoms with Gasteiger partial charge in [-0.2, -0.15) is 0 Å². The maximum absolute atomic E-state index is 5.23. The van der Waals surface area contributed by atoms with E-state index in [4.69, 9.17) is 6.42 Å². The highest BCUT2D eigenvalue weighted by atomic mass is 15.3. The van der Waals surface area contributed by atoms with Crippen molar-refractivity contribution in [1.82, 2.24) is 9.80 Å². The lowest BCUT2D eigenvalue weighted by atomic mass is 10.1. The predicted octanol–water partition coefficient (Wildman–Crippen LogP) is 0.400. The molecule has 0 unspecified atom stereocenters. The van der Waals surface area contributed by atoms with Gasteiger partial charge in [0.05, 0.1) is 6.54 Å². The molecule has 0 saturated carbocycles. The van der Waals surface area contributed by atoms with Gasteiger partial charge in [0.25, 0.3) is 0 Å². The standard InChI is InChI=1S/C10H16N2/c1-2-5-11-8-10(9-11)12-6-3-4-7-12/h1,10H,3-9H2. The van der Waals surface area contributed by atoms with E-state index < -0.39 is 0 Å². The van der Waals surface area contributed by atoms with Gasteiger partial charge in [0.15, 0.2) is 0 Å². The summed E-state index contributed by atoms with van der Waals surface area (Å²) in [5.74, 6) is 2.69. The minimum absolute atomic E-state index is 0.820. The normalized spacial score (nSPS) is 26.9. The lowest BCUT2D eigenvalue weighted by Crippen LogP contribution is -2.58. The van der Waals surface area contributed by atoms with Crippen LogP contribution in [-0.4, -0.2) is 48.6 Å². The molecule has 0 amide bonds. The molecular weight excluding hydrogens is 148 g/mol. The Morgan fingerprint density at radius 1 is 1.25 bits per heavy atom. The van der Waals surface area contributed by atoms with Gasteiger partial charge in [-0.05, 0) is 25.9 Å². The molecule has 2 rings (SSSR count). The van der Waals surface area contributed by atoms with Crippen molar-refractivity contribution in [2.75, 3.05) is 32.7 Å². The van der Waals surface area contributed by atoms with Crippen molar-refractivity contribution in [3.63, 3.8) is 0 Å². The Hall–Kier alpha value is -0.520. The number of nitrogens with zero attached hydrogens (tertiary/aromatic N) is 2. The molecule has 2 saturated heterocycles. The fourth-order valence-corrected chi connectivity index (χ4v) is 2.14. The van der Waals surface area contributed by atoms with E-state index in [0.29, 0.717) is 0 Å². The highest BCUT2D eigenvalue weighted by molar-refractivity contribution is 4.96. The molecule has 2 aliphatic rings. The van der Waals surface area contributed by atoms with Crippen molar-refractivity contribution < 1.29 is 0 Å². The maximum Gasteiger partial charge on any atom is 0.0600 e. The van der Waals surface area contributed by atoms with Gasteiger partial charge in [0, 0.05) is 19.1 Å². The first-order valence-electron chi connectivity index (χ1n) is 4.80. The molecule has 66 valence electrons. The summed E-state index contributed by atoms with van der Waals surface area (Å²) >= 11 is 0. The van der Waals surface area contributed by atoms with Gasteiger partial charge in [-0.15, -0.1) is 6.42 Å². The van der Waals surface area contributed by atoms with Crippen LogP contribution in [0.25, 0.3) is 0 Å². The van der Waals surface area contributed by atoms with Gasteiger partial charge in [-0.3, -0.25) is 9.80 Å². The first-order chi connectivity index (χ1) is 5.90. The lowest BCUT2D eigenvalue weighted by molar-refractivity contribution is 0.0591. The third kappa shape index (κ3) is 1.48. The van der Waals surface area contributed by atoms with E-state index in [9.17, 15) is 0 Å². The van der Waals surface area contributed by atoms with Crippen LogP contribution in [-0.2, 0) is 0 Å². The van der Waals surface area contributed by atoms with Crippen LogP contribution in [0.4, 0.5) is 0 Å². The van der Waals surface area contributed by atoms with E-state index in [1.54, 1.807) is 0 Å². The fourth-order valence-electron chi connectivity index (χ4n) is 2.14. The highest BCUT2D eigenvalue weighted by Crippen LogP contribution is 2.19. The Morgan fingerprint density at radius 3 is 2.50 bits per heavy atom. The van der Waals surface area contributed by atoms with Crippen LogP contribution in [0.3, 0.4) is 0 Å². The number of likely N-dealkylation sites (tertiary alicyclic amines) is 2. The Kier molecular flexibility index (Phi) is 2.34. The summed E-state index contributed by atoms with van der Waals surface area (Å²) in [6.07, 6.45) is 8.02. The van der Waals surface area contributed by atoms with Gasteiger partial charge in [-0.25, -0.2) is 0 Å².